The lowest BCUT2D eigenvalue weighted by Gasteiger charge is -1.98. The predicted octanol–water partition coefficient (Wildman–Crippen LogP) is 0.500. The Labute approximate surface area is 89.7 Å². The van der Waals surface area contributed by atoms with Crippen molar-refractivity contribution < 1.29 is 4.79 Å². The number of aryl methyl sites for hydroxylation is 1. The average Bonchev–Trinajstić information content (AvgIpc) is 2.84. The van der Waals surface area contributed by atoms with E-state index in [2.05, 4.69) is 25.7 Å². The summed E-state index contributed by atoms with van der Waals surface area (Å²) >= 11 is 1.56. The topological polar surface area (TPSA) is 83.6 Å². The summed E-state index contributed by atoms with van der Waals surface area (Å²) in [5, 5.41) is 13.3. The quantitative estimate of drug-likeness (QED) is 0.793. The molecule has 0 saturated heterocycles. The zero-order chi connectivity index (χ0) is 10.7. The normalized spacial score (nSPS) is 10.2. The standard InChI is InChI=1S/C8H9N5OS/c1-5-9-2-6(15-5)3-10-8(14)7-4-11-13-12-7/h2,4H,3H2,1H3,(H,10,14)(H,11,12,13). The molecule has 15 heavy (non-hydrogen) atoms. The van der Waals surface area contributed by atoms with Gasteiger partial charge in [0.2, 0.25) is 0 Å². The molecular weight excluding hydrogens is 214 g/mol. The number of amides is 1. The fraction of sp³-hybridized carbons (Fsp3) is 0.250. The van der Waals surface area contributed by atoms with E-state index in [1.165, 1.54) is 6.20 Å². The molecule has 0 aliphatic heterocycles. The maximum absolute atomic E-state index is 11.4. The van der Waals surface area contributed by atoms with Crippen LogP contribution in [0.3, 0.4) is 0 Å². The number of nitrogens with zero attached hydrogens (tertiary/aromatic N) is 3. The Morgan fingerprint density at radius 2 is 2.47 bits per heavy atom. The van der Waals surface area contributed by atoms with Crippen molar-refractivity contribution in [2.75, 3.05) is 0 Å². The molecule has 78 valence electrons. The second-order valence-corrected chi connectivity index (χ2v) is 4.20. The smallest absolute Gasteiger partial charge is 0.273 e. The number of H-pyrrole nitrogens is 1. The number of hydrogen-bond acceptors (Lipinski definition) is 5. The number of aromatic amines is 1. The number of carbonyl (C=O) groups is 1. The molecule has 0 spiro atoms. The van der Waals surface area contributed by atoms with E-state index in [1.807, 2.05) is 6.92 Å². The fourth-order valence-electron chi connectivity index (χ4n) is 1.06. The van der Waals surface area contributed by atoms with E-state index in [1.54, 1.807) is 17.5 Å². The average molecular weight is 223 g/mol. The number of rotatable bonds is 3. The summed E-state index contributed by atoms with van der Waals surface area (Å²) in [6, 6.07) is 0. The summed E-state index contributed by atoms with van der Waals surface area (Å²) in [7, 11) is 0. The van der Waals surface area contributed by atoms with Gasteiger partial charge < -0.3 is 5.32 Å². The van der Waals surface area contributed by atoms with Gasteiger partial charge in [-0.3, -0.25) is 4.79 Å². The molecule has 0 atom stereocenters. The lowest BCUT2D eigenvalue weighted by Crippen LogP contribution is -2.22. The molecule has 1 amide bonds. The molecule has 0 aromatic carbocycles. The molecule has 2 rings (SSSR count). The van der Waals surface area contributed by atoms with Gasteiger partial charge in [-0.15, -0.1) is 11.3 Å². The van der Waals surface area contributed by atoms with E-state index >= 15 is 0 Å². The van der Waals surface area contributed by atoms with Crippen molar-refractivity contribution in [3.63, 3.8) is 0 Å². The van der Waals surface area contributed by atoms with Crippen LogP contribution in [0.15, 0.2) is 12.4 Å². The van der Waals surface area contributed by atoms with E-state index < -0.39 is 0 Å². The van der Waals surface area contributed by atoms with Crippen molar-refractivity contribution in [1.29, 1.82) is 0 Å². The summed E-state index contributed by atoms with van der Waals surface area (Å²) < 4.78 is 0. The van der Waals surface area contributed by atoms with Crippen LogP contribution in [0.5, 0.6) is 0 Å². The molecule has 2 aromatic rings. The molecule has 0 bridgehead atoms. The zero-order valence-corrected chi connectivity index (χ0v) is 8.84. The highest BCUT2D eigenvalue weighted by molar-refractivity contribution is 7.11. The highest BCUT2D eigenvalue weighted by Crippen LogP contribution is 2.10. The van der Waals surface area contributed by atoms with Crippen molar-refractivity contribution in [2.24, 2.45) is 0 Å². The van der Waals surface area contributed by atoms with Gasteiger partial charge in [0, 0.05) is 11.1 Å². The fourth-order valence-corrected chi connectivity index (χ4v) is 1.79. The van der Waals surface area contributed by atoms with Gasteiger partial charge in [0.25, 0.3) is 5.91 Å². The minimum absolute atomic E-state index is 0.241. The molecule has 6 nitrogen and oxygen atoms in total. The van der Waals surface area contributed by atoms with E-state index in [0.717, 1.165) is 9.88 Å². The molecule has 0 unspecified atom stereocenters. The largest absolute Gasteiger partial charge is 0.346 e. The third-order valence-corrected chi connectivity index (χ3v) is 2.65. The first-order chi connectivity index (χ1) is 7.25. The van der Waals surface area contributed by atoms with Crippen molar-refractivity contribution >= 4 is 17.2 Å². The molecule has 2 aromatic heterocycles. The number of hydrogen-bond donors (Lipinski definition) is 2. The van der Waals surface area contributed by atoms with Gasteiger partial charge in [-0.2, -0.15) is 15.4 Å². The summed E-state index contributed by atoms with van der Waals surface area (Å²) in [4.78, 5) is 16.5. The van der Waals surface area contributed by atoms with Crippen LogP contribution in [0.2, 0.25) is 0 Å². The van der Waals surface area contributed by atoms with Crippen LogP contribution in [0.25, 0.3) is 0 Å². The minimum Gasteiger partial charge on any atom is -0.346 e. The van der Waals surface area contributed by atoms with Gasteiger partial charge in [-0.1, -0.05) is 0 Å². The van der Waals surface area contributed by atoms with Crippen LogP contribution in [0.4, 0.5) is 0 Å². The van der Waals surface area contributed by atoms with Crippen molar-refractivity contribution in [1.82, 2.24) is 25.7 Å². The molecule has 7 heteroatoms. The first-order valence-corrected chi connectivity index (χ1v) is 5.12. The van der Waals surface area contributed by atoms with Gasteiger partial charge in [-0.05, 0) is 6.92 Å². The molecule has 0 aliphatic carbocycles. The molecule has 2 N–H and O–H groups in total. The summed E-state index contributed by atoms with van der Waals surface area (Å²) in [6.45, 7) is 2.39. The number of carbonyl (C=O) groups excluding carboxylic acids is 1. The lowest BCUT2D eigenvalue weighted by atomic mass is 10.4. The van der Waals surface area contributed by atoms with Gasteiger partial charge in [0.05, 0.1) is 17.7 Å². The second kappa shape index (κ2) is 4.18. The number of thiazole rings is 1. The third kappa shape index (κ3) is 2.38. The van der Waals surface area contributed by atoms with Crippen molar-refractivity contribution in [3.8, 4) is 0 Å². The Balaban J connectivity index is 1.91. The van der Waals surface area contributed by atoms with E-state index in [4.69, 9.17) is 0 Å². The summed E-state index contributed by atoms with van der Waals surface area (Å²) in [5.74, 6) is -0.241. The van der Waals surface area contributed by atoms with Crippen LogP contribution < -0.4 is 5.32 Å². The second-order valence-electron chi connectivity index (χ2n) is 2.88. The van der Waals surface area contributed by atoms with Gasteiger partial charge in [0.1, 0.15) is 0 Å². The SMILES string of the molecule is Cc1ncc(CNC(=O)c2cn[nH]n2)s1. The first kappa shape index (κ1) is 9.78. The Morgan fingerprint density at radius 3 is 3.07 bits per heavy atom. The third-order valence-electron chi connectivity index (χ3n) is 1.74. The maximum atomic E-state index is 11.4. The summed E-state index contributed by atoms with van der Waals surface area (Å²) in [5.41, 5.74) is 0.288. The molecule has 0 aliphatic rings. The monoisotopic (exact) mass is 223 g/mol. The predicted molar refractivity (Wildman–Crippen MR) is 54.4 cm³/mol. The molecule has 0 fully saturated rings. The van der Waals surface area contributed by atoms with Gasteiger partial charge >= 0.3 is 0 Å². The van der Waals surface area contributed by atoms with Crippen molar-refractivity contribution in [3.05, 3.63) is 28.0 Å². The molecule has 0 saturated carbocycles. The Morgan fingerprint density at radius 1 is 1.60 bits per heavy atom. The van der Waals surface area contributed by atoms with E-state index in [0.29, 0.717) is 6.54 Å². The molecular formula is C8H9N5OS. The molecule has 2 heterocycles. The van der Waals surface area contributed by atoms with Crippen LogP contribution in [-0.2, 0) is 6.54 Å². The minimum atomic E-state index is -0.241. The number of nitrogens with one attached hydrogen (secondary N) is 2. The van der Waals surface area contributed by atoms with Gasteiger partial charge in [-0.25, -0.2) is 4.98 Å². The maximum Gasteiger partial charge on any atom is 0.273 e. The van der Waals surface area contributed by atoms with Gasteiger partial charge in [0.15, 0.2) is 5.69 Å². The summed E-state index contributed by atoms with van der Waals surface area (Å²) in [6.07, 6.45) is 3.14. The Kier molecular flexibility index (Phi) is 2.72. The highest BCUT2D eigenvalue weighted by atomic mass is 32.1. The van der Waals surface area contributed by atoms with E-state index in [9.17, 15) is 4.79 Å². The Hall–Kier alpha value is -1.76. The zero-order valence-electron chi connectivity index (χ0n) is 8.02. The van der Waals surface area contributed by atoms with Crippen molar-refractivity contribution in [2.45, 2.75) is 13.5 Å². The van der Waals surface area contributed by atoms with E-state index in [-0.39, 0.29) is 11.6 Å². The van der Waals surface area contributed by atoms with Crippen LogP contribution in [-0.4, -0.2) is 26.3 Å². The van der Waals surface area contributed by atoms with Crippen LogP contribution in [0, 0.1) is 6.92 Å². The Bertz CT molecular complexity index is 449. The first-order valence-electron chi connectivity index (χ1n) is 4.31. The molecule has 0 radical (unpaired) electrons. The highest BCUT2D eigenvalue weighted by Gasteiger charge is 2.08. The van der Waals surface area contributed by atoms with Crippen LogP contribution in [0.1, 0.15) is 20.4 Å². The lowest BCUT2D eigenvalue weighted by molar-refractivity contribution is 0.0946. The number of aromatic nitrogens is 4. The van der Waals surface area contributed by atoms with Crippen LogP contribution >= 0.6 is 11.3 Å².